The molecule has 0 aliphatic heterocycles. The predicted octanol–water partition coefficient (Wildman–Crippen LogP) is 3.61. The molecule has 56 valence electrons. The van der Waals surface area contributed by atoms with E-state index in [1.165, 1.54) is 32.1 Å². The summed E-state index contributed by atoms with van der Waals surface area (Å²) in [5.41, 5.74) is 0. The zero-order chi connectivity index (χ0) is 7.11. The van der Waals surface area contributed by atoms with Crippen molar-refractivity contribution in [3.63, 3.8) is 0 Å². The summed E-state index contributed by atoms with van der Waals surface area (Å²) in [6, 6.07) is 0. The first-order chi connectivity index (χ1) is 4.27. The smallest absolute Gasteiger partial charge is 0.0570 e. The maximum atomic E-state index is 4.22. The number of unbranched alkanes of at least 4 members (excludes halogenated alkanes) is 3. The molecule has 1 unspecified atom stereocenters. The molecule has 0 radical (unpaired) electrons. The lowest BCUT2D eigenvalue weighted by atomic mass is 10.2. The number of rotatable bonds is 5. The first-order valence-corrected chi connectivity index (χ1v) is 5.02. The number of halogens is 1. The van der Waals surface area contributed by atoms with E-state index in [-0.39, 0.29) is 0 Å². The van der Waals surface area contributed by atoms with Gasteiger partial charge in [-0.15, -0.1) is 0 Å². The summed E-state index contributed by atoms with van der Waals surface area (Å²) >= 11 is 7.61. The Bertz CT molecular complexity index is 54.9. The van der Waals surface area contributed by atoms with Crippen molar-refractivity contribution in [2.45, 2.75) is 43.2 Å². The van der Waals surface area contributed by atoms with Crippen LogP contribution in [-0.4, -0.2) is 4.16 Å². The van der Waals surface area contributed by atoms with Crippen molar-refractivity contribution in [2.75, 3.05) is 0 Å². The van der Waals surface area contributed by atoms with Gasteiger partial charge < -0.3 is 0 Å². The summed E-state index contributed by atoms with van der Waals surface area (Å²) in [5.74, 6) is 0. The van der Waals surface area contributed by atoms with Crippen molar-refractivity contribution in [3.05, 3.63) is 0 Å². The molecular formula is C7H15BrS. The van der Waals surface area contributed by atoms with Crippen LogP contribution in [0.3, 0.4) is 0 Å². The topological polar surface area (TPSA) is 0 Å². The normalized spacial score (nSPS) is 13.7. The monoisotopic (exact) mass is 210 g/mol. The molecule has 0 aliphatic rings. The molecule has 0 aliphatic carbocycles. The molecular weight excluding hydrogens is 196 g/mol. The van der Waals surface area contributed by atoms with Crippen LogP contribution in [0.1, 0.15) is 39.0 Å². The van der Waals surface area contributed by atoms with Gasteiger partial charge >= 0.3 is 0 Å². The quantitative estimate of drug-likeness (QED) is 0.401. The second kappa shape index (κ2) is 6.94. The molecule has 0 N–H and O–H groups in total. The minimum Gasteiger partial charge on any atom is -0.164 e. The van der Waals surface area contributed by atoms with Crippen LogP contribution in [0.15, 0.2) is 0 Å². The first-order valence-electron chi connectivity index (χ1n) is 3.59. The summed E-state index contributed by atoms with van der Waals surface area (Å²) in [4.78, 5) is 0. The van der Waals surface area contributed by atoms with Gasteiger partial charge in [0.25, 0.3) is 0 Å². The predicted molar refractivity (Wildman–Crippen MR) is 50.5 cm³/mol. The minimum absolute atomic E-state index is 0.411. The third kappa shape index (κ3) is 8.83. The summed E-state index contributed by atoms with van der Waals surface area (Å²) in [5, 5.41) is 0. The van der Waals surface area contributed by atoms with Gasteiger partial charge in [-0.1, -0.05) is 48.5 Å². The number of hydrogen-bond acceptors (Lipinski definition) is 1. The van der Waals surface area contributed by atoms with Crippen molar-refractivity contribution in [1.82, 2.24) is 0 Å². The molecule has 0 aromatic heterocycles. The summed E-state index contributed by atoms with van der Waals surface area (Å²) in [6.07, 6.45) is 6.56. The molecule has 0 aromatic rings. The van der Waals surface area contributed by atoms with Crippen molar-refractivity contribution in [1.29, 1.82) is 0 Å². The van der Waals surface area contributed by atoms with Crippen LogP contribution in [-0.2, 0) is 0 Å². The molecule has 0 amide bonds. The first kappa shape index (κ1) is 9.83. The van der Waals surface area contributed by atoms with Gasteiger partial charge in [0, 0.05) is 0 Å². The highest BCUT2D eigenvalue weighted by Crippen LogP contribution is 2.14. The third-order valence-corrected chi connectivity index (χ3v) is 2.01. The highest BCUT2D eigenvalue weighted by molar-refractivity contribution is 9.11. The van der Waals surface area contributed by atoms with Crippen LogP contribution in [0, 0.1) is 0 Å². The Morgan fingerprint density at radius 3 is 2.44 bits per heavy atom. The van der Waals surface area contributed by atoms with Gasteiger partial charge in [0.1, 0.15) is 0 Å². The van der Waals surface area contributed by atoms with E-state index in [4.69, 9.17) is 0 Å². The molecule has 0 saturated carbocycles. The van der Waals surface area contributed by atoms with E-state index < -0.39 is 0 Å². The molecule has 9 heavy (non-hydrogen) atoms. The molecule has 0 nitrogen and oxygen atoms in total. The average molecular weight is 211 g/mol. The van der Waals surface area contributed by atoms with Crippen LogP contribution in [0.5, 0.6) is 0 Å². The number of thiol groups is 1. The van der Waals surface area contributed by atoms with Gasteiger partial charge in [-0.05, 0) is 6.42 Å². The van der Waals surface area contributed by atoms with E-state index in [1.807, 2.05) is 0 Å². The van der Waals surface area contributed by atoms with Crippen molar-refractivity contribution < 1.29 is 0 Å². The Morgan fingerprint density at radius 1 is 1.33 bits per heavy atom. The second-order valence-corrected chi connectivity index (χ2v) is 4.72. The molecule has 1 atom stereocenters. The highest BCUT2D eigenvalue weighted by atomic mass is 79.9. The van der Waals surface area contributed by atoms with Gasteiger partial charge in [-0.25, -0.2) is 0 Å². The van der Waals surface area contributed by atoms with Crippen LogP contribution in [0.25, 0.3) is 0 Å². The fourth-order valence-corrected chi connectivity index (χ4v) is 1.25. The van der Waals surface area contributed by atoms with E-state index >= 15 is 0 Å². The maximum absolute atomic E-state index is 4.22. The Kier molecular flexibility index (Phi) is 7.58. The molecule has 0 bridgehead atoms. The van der Waals surface area contributed by atoms with Crippen LogP contribution in [0.4, 0.5) is 0 Å². The summed E-state index contributed by atoms with van der Waals surface area (Å²) in [7, 11) is 0. The van der Waals surface area contributed by atoms with Crippen LogP contribution < -0.4 is 0 Å². The summed E-state index contributed by atoms with van der Waals surface area (Å²) in [6.45, 7) is 2.23. The molecule has 0 spiro atoms. The summed E-state index contributed by atoms with van der Waals surface area (Å²) < 4.78 is 0.411. The Balaban J connectivity index is 2.75. The van der Waals surface area contributed by atoms with E-state index in [0.717, 1.165) is 0 Å². The van der Waals surface area contributed by atoms with Gasteiger partial charge in [0.2, 0.25) is 0 Å². The third-order valence-electron chi connectivity index (χ3n) is 1.30. The molecule has 2 heteroatoms. The van der Waals surface area contributed by atoms with E-state index in [9.17, 15) is 0 Å². The number of alkyl halides is 1. The van der Waals surface area contributed by atoms with Crippen molar-refractivity contribution in [2.24, 2.45) is 0 Å². The maximum Gasteiger partial charge on any atom is 0.0570 e. The van der Waals surface area contributed by atoms with Gasteiger partial charge in [0.05, 0.1) is 4.16 Å². The zero-order valence-electron chi connectivity index (χ0n) is 5.94. The van der Waals surface area contributed by atoms with Crippen molar-refractivity contribution >= 4 is 28.6 Å². The number of hydrogen-bond donors (Lipinski definition) is 1. The Morgan fingerprint density at radius 2 is 2.00 bits per heavy atom. The fourth-order valence-electron chi connectivity index (χ4n) is 0.740. The standard InChI is InChI=1S/C7H15BrS/c1-2-3-4-5-6-7(8)9/h7,9H,2-6H2,1H3. The molecule has 0 saturated heterocycles. The van der Waals surface area contributed by atoms with Gasteiger partial charge in [-0.2, -0.15) is 12.6 Å². The lowest BCUT2D eigenvalue weighted by Crippen LogP contribution is -1.85. The van der Waals surface area contributed by atoms with Crippen molar-refractivity contribution in [3.8, 4) is 0 Å². The SMILES string of the molecule is CCCCCCC(S)Br. The lowest BCUT2D eigenvalue weighted by Gasteiger charge is -1.99. The largest absolute Gasteiger partial charge is 0.164 e. The van der Waals surface area contributed by atoms with Crippen LogP contribution >= 0.6 is 28.6 Å². The van der Waals surface area contributed by atoms with Crippen LogP contribution in [0.2, 0.25) is 0 Å². The Labute approximate surface area is 72.0 Å². The lowest BCUT2D eigenvalue weighted by molar-refractivity contribution is 0.655. The molecule has 0 rings (SSSR count). The Hall–Kier alpha value is 0.830. The molecule has 0 fully saturated rings. The van der Waals surface area contributed by atoms with E-state index in [2.05, 4.69) is 35.5 Å². The highest BCUT2D eigenvalue weighted by Gasteiger charge is 1.94. The second-order valence-electron chi connectivity index (χ2n) is 2.28. The molecule has 0 heterocycles. The van der Waals surface area contributed by atoms with Gasteiger partial charge in [0.15, 0.2) is 0 Å². The molecule has 0 aromatic carbocycles. The van der Waals surface area contributed by atoms with E-state index in [0.29, 0.717) is 4.16 Å². The van der Waals surface area contributed by atoms with E-state index in [1.54, 1.807) is 0 Å². The van der Waals surface area contributed by atoms with Gasteiger partial charge in [-0.3, -0.25) is 0 Å². The zero-order valence-corrected chi connectivity index (χ0v) is 8.42. The minimum atomic E-state index is 0.411. The fraction of sp³-hybridized carbons (Fsp3) is 1.00. The average Bonchev–Trinajstić information content (AvgIpc) is 1.80.